The van der Waals surface area contributed by atoms with Gasteiger partial charge in [0.25, 0.3) is 0 Å². The summed E-state index contributed by atoms with van der Waals surface area (Å²) in [5.74, 6) is 2.90. The number of nitrogens with one attached hydrogen (secondary N) is 1. The fourth-order valence-corrected chi connectivity index (χ4v) is 5.81. The van der Waals surface area contributed by atoms with E-state index in [0.29, 0.717) is 74.1 Å². The van der Waals surface area contributed by atoms with Gasteiger partial charge in [-0.2, -0.15) is 5.10 Å². The van der Waals surface area contributed by atoms with E-state index in [1.54, 1.807) is 37.4 Å². The van der Waals surface area contributed by atoms with Crippen molar-refractivity contribution in [1.82, 2.24) is 20.0 Å². The first kappa shape index (κ1) is 29.1. The SMILES string of the molecule is COc1ccc2cc1OCCCNC(=O)CCc1cccc(c1)Oc1cc3c(cc1OC)C2N(C(=O)Cn1cccn1)CC3. The van der Waals surface area contributed by atoms with Crippen LogP contribution in [-0.4, -0.2) is 60.4 Å². The summed E-state index contributed by atoms with van der Waals surface area (Å²) in [5.41, 5.74) is 3.90. The predicted octanol–water partition coefficient (Wildman–Crippen LogP) is 4.70. The molecular weight excluding hydrogens is 560 g/mol. The molecule has 7 rings (SSSR count). The predicted molar refractivity (Wildman–Crippen MR) is 163 cm³/mol. The molecule has 4 aromatic rings. The van der Waals surface area contributed by atoms with E-state index in [4.69, 9.17) is 18.9 Å². The largest absolute Gasteiger partial charge is 0.493 e. The smallest absolute Gasteiger partial charge is 0.245 e. The van der Waals surface area contributed by atoms with Gasteiger partial charge in [-0.25, -0.2) is 0 Å². The van der Waals surface area contributed by atoms with Crippen LogP contribution in [0.5, 0.6) is 28.7 Å². The molecule has 1 aromatic heterocycles. The fourth-order valence-electron chi connectivity index (χ4n) is 5.81. The lowest BCUT2D eigenvalue weighted by atomic mass is 9.87. The first-order chi connectivity index (χ1) is 21.5. The number of hydrogen-bond donors (Lipinski definition) is 1. The summed E-state index contributed by atoms with van der Waals surface area (Å²) in [7, 11) is 3.21. The highest BCUT2D eigenvalue weighted by Crippen LogP contribution is 2.44. The van der Waals surface area contributed by atoms with Gasteiger partial charge in [-0.05, 0) is 84.0 Å². The number of aryl methyl sites for hydroxylation is 1. The van der Waals surface area contributed by atoms with Crippen LogP contribution in [0.4, 0.5) is 0 Å². The van der Waals surface area contributed by atoms with Crippen LogP contribution in [0, 0.1) is 0 Å². The van der Waals surface area contributed by atoms with Crippen molar-refractivity contribution in [2.75, 3.05) is 33.9 Å². The molecule has 228 valence electrons. The summed E-state index contributed by atoms with van der Waals surface area (Å²) in [4.78, 5) is 28.2. The lowest BCUT2D eigenvalue weighted by Crippen LogP contribution is -2.42. The van der Waals surface area contributed by atoms with Gasteiger partial charge < -0.3 is 29.2 Å². The molecule has 1 atom stereocenters. The minimum absolute atomic E-state index is 0.0166. The summed E-state index contributed by atoms with van der Waals surface area (Å²) in [5, 5.41) is 7.23. The lowest BCUT2D eigenvalue weighted by Gasteiger charge is -2.38. The Hall–Kier alpha value is -4.99. The Kier molecular flexibility index (Phi) is 8.67. The number of carbonyl (C=O) groups excluding carboxylic acids is 2. The van der Waals surface area contributed by atoms with Crippen molar-refractivity contribution in [3.63, 3.8) is 0 Å². The van der Waals surface area contributed by atoms with Gasteiger partial charge in [0, 0.05) is 31.9 Å². The van der Waals surface area contributed by atoms with Gasteiger partial charge in [-0.3, -0.25) is 14.3 Å². The highest BCUT2D eigenvalue weighted by Gasteiger charge is 2.34. The summed E-state index contributed by atoms with van der Waals surface area (Å²) < 4.78 is 25.6. The Balaban J connectivity index is 1.44. The normalized spacial score (nSPS) is 16.7. The maximum Gasteiger partial charge on any atom is 0.245 e. The number of hydrogen-bond acceptors (Lipinski definition) is 7. The zero-order valence-corrected chi connectivity index (χ0v) is 25.0. The molecule has 0 spiro atoms. The Bertz CT molecular complexity index is 1640. The maximum absolute atomic E-state index is 13.8. The van der Waals surface area contributed by atoms with Crippen LogP contribution in [0.3, 0.4) is 0 Å². The highest BCUT2D eigenvalue weighted by atomic mass is 16.5. The maximum atomic E-state index is 13.8. The molecule has 0 fully saturated rings. The second-order valence-electron chi connectivity index (χ2n) is 10.9. The third-order valence-electron chi connectivity index (χ3n) is 8.00. The molecule has 1 unspecified atom stereocenters. The third-order valence-corrected chi connectivity index (χ3v) is 8.00. The number of aromatic nitrogens is 2. The quantitative estimate of drug-likeness (QED) is 0.364. The number of amides is 2. The van der Waals surface area contributed by atoms with E-state index in [-0.39, 0.29) is 18.4 Å². The first-order valence-corrected chi connectivity index (χ1v) is 14.8. The van der Waals surface area contributed by atoms with Gasteiger partial charge in [-0.1, -0.05) is 18.2 Å². The van der Waals surface area contributed by atoms with Crippen molar-refractivity contribution in [2.45, 2.75) is 38.3 Å². The van der Waals surface area contributed by atoms with Gasteiger partial charge in [0.2, 0.25) is 11.8 Å². The fraction of sp³-hybridized carbons (Fsp3) is 0.324. The van der Waals surface area contributed by atoms with E-state index >= 15 is 0 Å². The van der Waals surface area contributed by atoms with Crippen LogP contribution in [0.2, 0.25) is 0 Å². The molecule has 10 heteroatoms. The van der Waals surface area contributed by atoms with Crippen molar-refractivity contribution >= 4 is 11.8 Å². The van der Waals surface area contributed by atoms with Crippen molar-refractivity contribution in [3.05, 3.63) is 95.3 Å². The molecule has 0 saturated carbocycles. The molecule has 0 aliphatic carbocycles. The van der Waals surface area contributed by atoms with E-state index in [1.807, 2.05) is 59.5 Å². The van der Waals surface area contributed by atoms with Crippen molar-refractivity contribution in [2.24, 2.45) is 0 Å². The van der Waals surface area contributed by atoms with E-state index in [1.165, 1.54) is 0 Å². The van der Waals surface area contributed by atoms with E-state index in [9.17, 15) is 9.59 Å². The van der Waals surface area contributed by atoms with E-state index in [0.717, 1.165) is 22.3 Å². The zero-order chi connectivity index (χ0) is 30.5. The second kappa shape index (κ2) is 13.1. The molecule has 3 aliphatic rings. The Morgan fingerprint density at radius 1 is 1.00 bits per heavy atom. The van der Waals surface area contributed by atoms with Gasteiger partial charge in [0.1, 0.15) is 12.3 Å². The molecule has 44 heavy (non-hydrogen) atoms. The molecule has 8 bridgehead atoms. The van der Waals surface area contributed by atoms with Crippen molar-refractivity contribution < 1.29 is 28.5 Å². The number of methoxy groups -OCH3 is 2. The van der Waals surface area contributed by atoms with Crippen LogP contribution < -0.4 is 24.3 Å². The first-order valence-electron chi connectivity index (χ1n) is 14.8. The average molecular weight is 597 g/mol. The van der Waals surface area contributed by atoms with Crippen LogP contribution in [0.25, 0.3) is 0 Å². The molecule has 3 aliphatic heterocycles. The number of benzene rings is 3. The molecule has 10 nitrogen and oxygen atoms in total. The van der Waals surface area contributed by atoms with Gasteiger partial charge >= 0.3 is 0 Å². The van der Waals surface area contributed by atoms with Crippen molar-refractivity contribution in [3.8, 4) is 28.7 Å². The monoisotopic (exact) mass is 596 g/mol. The number of carbonyl (C=O) groups is 2. The van der Waals surface area contributed by atoms with Crippen LogP contribution in [0.1, 0.15) is 41.1 Å². The zero-order valence-electron chi connectivity index (χ0n) is 25.0. The van der Waals surface area contributed by atoms with E-state index < -0.39 is 6.04 Å². The topological polar surface area (TPSA) is 104 Å². The minimum atomic E-state index is -0.411. The summed E-state index contributed by atoms with van der Waals surface area (Å²) in [6.07, 6.45) is 5.69. The summed E-state index contributed by atoms with van der Waals surface area (Å²) in [6, 6.07) is 18.9. The summed E-state index contributed by atoms with van der Waals surface area (Å²) >= 11 is 0. The molecule has 1 N–H and O–H groups in total. The highest BCUT2D eigenvalue weighted by molar-refractivity contribution is 5.78. The Morgan fingerprint density at radius 2 is 1.89 bits per heavy atom. The third kappa shape index (κ3) is 6.34. The number of fused-ring (bicyclic) bond motifs is 8. The molecule has 4 heterocycles. The Labute approximate surface area is 256 Å². The number of ether oxygens (including phenoxy) is 4. The van der Waals surface area contributed by atoms with Crippen LogP contribution >= 0.6 is 0 Å². The van der Waals surface area contributed by atoms with Crippen LogP contribution in [-0.2, 0) is 29.0 Å². The van der Waals surface area contributed by atoms with Crippen LogP contribution in [0.15, 0.2) is 73.1 Å². The number of nitrogens with zero attached hydrogens (tertiary/aromatic N) is 3. The molecule has 0 saturated heterocycles. The standard InChI is InChI=1S/C34H36N4O6/c1-41-28-10-9-25-20-30(28)43-17-5-13-35-32(39)11-8-23-6-3-7-26(18-23)44-31-19-24-12-16-38(33(40)22-37-15-4-14-36-37)34(25)27(24)21-29(31)42-2/h3-4,6-7,9-10,14-15,18-21,34H,5,8,11-13,16-17,22H2,1-2H3,(H,35,39). The Morgan fingerprint density at radius 3 is 2.70 bits per heavy atom. The van der Waals surface area contributed by atoms with Gasteiger partial charge in [0.15, 0.2) is 23.0 Å². The van der Waals surface area contributed by atoms with Crippen molar-refractivity contribution in [1.29, 1.82) is 0 Å². The van der Waals surface area contributed by atoms with Gasteiger partial charge in [-0.15, -0.1) is 0 Å². The minimum Gasteiger partial charge on any atom is -0.493 e. The molecular formula is C34H36N4O6. The molecule has 2 amide bonds. The van der Waals surface area contributed by atoms with Gasteiger partial charge in [0.05, 0.1) is 26.9 Å². The molecule has 0 radical (unpaired) electrons. The summed E-state index contributed by atoms with van der Waals surface area (Å²) in [6.45, 7) is 1.52. The lowest BCUT2D eigenvalue weighted by molar-refractivity contribution is -0.134. The number of rotatable bonds is 4. The van der Waals surface area contributed by atoms with E-state index in [2.05, 4.69) is 10.4 Å². The average Bonchev–Trinajstić information content (AvgIpc) is 3.55. The molecule has 3 aromatic carbocycles. The second-order valence-corrected chi connectivity index (χ2v) is 10.9.